The summed E-state index contributed by atoms with van der Waals surface area (Å²) in [4.78, 5) is 15.2. The second kappa shape index (κ2) is 9.60. The van der Waals surface area contributed by atoms with E-state index in [1.165, 1.54) is 27.1 Å². The van der Waals surface area contributed by atoms with Crippen molar-refractivity contribution in [3.8, 4) is 11.5 Å². The molecule has 2 aromatic carbocycles. The van der Waals surface area contributed by atoms with Crippen molar-refractivity contribution in [1.29, 1.82) is 0 Å². The zero-order valence-electron chi connectivity index (χ0n) is 17.0. The minimum atomic E-state index is -0.388. The Morgan fingerprint density at radius 2 is 1.66 bits per heavy atom. The molecular formula is C22H27N3O3S. The predicted molar refractivity (Wildman–Crippen MR) is 120 cm³/mol. The Kier molecular flexibility index (Phi) is 6.93. The van der Waals surface area contributed by atoms with Crippen molar-refractivity contribution in [3.05, 3.63) is 48.0 Å². The zero-order valence-corrected chi connectivity index (χ0v) is 17.8. The van der Waals surface area contributed by atoms with E-state index < -0.39 is 0 Å². The number of benzene rings is 2. The van der Waals surface area contributed by atoms with Gasteiger partial charge in [0.15, 0.2) is 5.11 Å². The third kappa shape index (κ3) is 4.98. The number of thiocarbonyl (C=S) groups is 1. The number of carbonyl (C=O) groups excluding carboxylic acids is 1. The summed E-state index contributed by atoms with van der Waals surface area (Å²) >= 11 is 5.41. The summed E-state index contributed by atoms with van der Waals surface area (Å²) in [5.74, 6) is 1.21. The standard InChI is InChI=1S/C22H27N3O3S/c1-15-11-13-25(14-12-15)17-8-5-4-7-16(17)23-22(29)24-21(26)20-18(27-2)9-6-10-19(20)28-3/h4-10,15H,11-14H2,1-3H3,(H2,23,24,26,29). The molecule has 0 bridgehead atoms. The van der Waals surface area contributed by atoms with E-state index in [1.54, 1.807) is 18.2 Å². The second-order valence-corrected chi connectivity index (χ2v) is 7.54. The van der Waals surface area contributed by atoms with Gasteiger partial charge in [-0.2, -0.15) is 0 Å². The number of hydrogen-bond donors (Lipinski definition) is 2. The Morgan fingerprint density at radius 3 is 2.28 bits per heavy atom. The molecule has 7 heteroatoms. The molecule has 0 aromatic heterocycles. The van der Waals surface area contributed by atoms with Crippen molar-refractivity contribution < 1.29 is 14.3 Å². The summed E-state index contributed by atoms with van der Waals surface area (Å²) in [7, 11) is 3.02. The van der Waals surface area contributed by atoms with Gasteiger partial charge in [-0.3, -0.25) is 10.1 Å². The third-order valence-electron chi connectivity index (χ3n) is 5.16. The van der Waals surface area contributed by atoms with E-state index in [9.17, 15) is 4.79 Å². The fourth-order valence-electron chi connectivity index (χ4n) is 3.50. The molecule has 0 spiro atoms. The van der Waals surface area contributed by atoms with Crippen LogP contribution in [0, 0.1) is 5.92 Å². The summed E-state index contributed by atoms with van der Waals surface area (Å²) < 4.78 is 10.6. The Bertz CT molecular complexity index is 857. The summed E-state index contributed by atoms with van der Waals surface area (Å²) in [5.41, 5.74) is 2.27. The first-order valence-corrected chi connectivity index (χ1v) is 10.1. The Balaban J connectivity index is 1.73. The molecule has 6 nitrogen and oxygen atoms in total. The van der Waals surface area contributed by atoms with E-state index in [1.807, 2.05) is 18.2 Å². The Morgan fingerprint density at radius 1 is 1.03 bits per heavy atom. The molecular weight excluding hydrogens is 386 g/mol. The smallest absolute Gasteiger partial charge is 0.264 e. The highest BCUT2D eigenvalue weighted by Gasteiger charge is 2.21. The lowest BCUT2D eigenvalue weighted by Gasteiger charge is -2.33. The SMILES string of the molecule is COc1cccc(OC)c1C(=O)NC(=S)Nc1ccccc1N1CCC(C)CC1. The zero-order chi connectivity index (χ0) is 20.8. The number of nitrogens with one attached hydrogen (secondary N) is 2. The van der Waals surface area contributed by atoms with Crippen LogP contribution in [0.5, 0.6) is 11.5 Å². The molecule has 3 rings (SSSR count). The van der Waals surface area contributed by atoms with E-state index in [2.05, 4.69) is 28.5 Å². The molecule has 2 N–H and O–H groups in total. The highest BCUT2D eigenvalue weighted by atomic mass is 32.1. The second-order valence-electron chi connectivity index (χ2n) is 7.13. The van der Waals surface area contributed by atoms with Gasteiger partial charge in [0.05, 0.1) is 25.6 Å². The van der Waals surface area contributed by atoms with Gasteiger partial charge in [-0.25, -0.2) is 0 Å². The molecule has 1 saturated heterocycles. The fraction of sp³-hybridized carbons (Fsp3) is 0.364. The van der Waals surface area contributed by atoms with Gasteiger partial charge in [-0.15, -0.1) is 0 Å². The lowest BCUT2D eigenvalue weighted by atomic mass is 9.98. The fourth-order valence-corrected chi connectivity index (χ4v) is 3.70. The van der Waals surface area contributed by atoms with Crippen molar-refractivity contribution >= 4 is 34.6 Å². The number of piperidine rings is 1. The van der Waals surface area contributed by atoms with Crippen LogP contribution in [0.25, 0.3) is 0 Å². The quantitative estimate of drug-likeness (QED) is 0.721. The lowest BCUT2D eigenvalue weighted by molar-refractivity contribution is 0.0971. The Hall–Kier alpha value is -2.80. The van der Waals surface area contributed by atoms with Gasteiger partial charge < -0.3 is 19.7 Å². The number of nitrogens with zero attached hydrogens (tertiary/aromatic N) is 1. The maximum Gasteiger partial charge on any atom is 0.264 e. The maximum atomic E-state index is 12.8. The number of ether oxygens (including phenoxy) is 2. The summed E-state index contributed by atoms with van der Waals surface area (Å²) in [6.07, 6.45) is 2.34. The summed E-state index contributed by atoms with van der Waals surface area (Å²) in [6.45, 7) is 4.31. The first kappa shape index (κ1) is 20.9. The number of anilines is 2. The first-order chi connectivity index (χ1) is 14.0. The van der Waals surface area contributed by atoms with E-state index in [-0.39, 0.29) is 11.0 Å². The molecule has 1 fully saturated rings. The van der Waals surface area contributed by atoms with Crippen LogP contribution in [-0.4, -0.2) is 38.3 Å². The molecule has 1 amide bonds. The number of amides is 1. The minimum Gasteiger partial charge on any atom is -0.496 e. The van der Waals surface area contributed by atoms with Gasteiger partial charge in [0.1, 0.15) is 17.1 Å². The topological polar surface area (TPSA) is 62.8 Å². The molecule has 2 aromatic rings. The number of hydrogen-bond acceptors (Lipinski definition) is 5. The molecule has 1 aliphatic heterocycles. The van der Waals surface area contributed by atoms with Crippen LogP contribution in [0.4, 0.5) is 11.4 Å². The molecule has 29 heavy (non-hydrogen) atoms. The number of para-hydroxylation sites is 2. The van der Waals surface area contributed by atoms with Crippen LogP contribution in [0.1, 0.15) is 30.1 Å². The highest BCUT2D eigenvalue weighted by Crippen LogP contribution is 2.30. The van der Waals surface area contributed by atoms with Crippen LogP contribution >= 0.6 is 12.2 Å². The highest BCUT2D eigenvalue weighted by molar-refractivity contribution is 7.80. The molecule has 1 heterocycles. The number of carbonyl (C=O) groups is 1. The van der Waals surface area contributed by atoms with Crippen LogP contribution in [0.3, 0.4) is 0 Å². The van der Waals surface area contributed by atoms with Crippen LogP contribution in [0.2, 0.25) is 0 Å². The van der Waals surface area contributed by atoms with Crippen LogP contribution < -0.4 is 25.0 Å². The van der Waals surface area contributed by atoms with Crippen molar-refractivity contribution in [2.24, 2.45) is 5.92 Å². The normalized spacial score (nSPS) is 14.2. The Labute approximate surface area is 177 Å². The molecule has 0 radical (unpaired) electrons. The molecule has 0 aliphatic carbocycles. The number of rotatable bonds is 5. The summed E-state index contributed by atoms with van der Waals surface area (Å²) in [5, 5.41) is 6.13. The minimum absolute atomic E-state index is 0.223. The van der Waals surface area contributed by atoms with Gasteiger partial charge in [-0.1, -0.05) is 25.1 Å². The molecule has 1 aliphatic rings. The monoisotopic (exact) mass is 413 g/mol. The van der Waals surface area contributed by atoms with Crippen molar-refractivity contribution in [2.45, 2.75) is 19.8 Å². The van der Waals surface area contributed by atoms with E-state index in [0.717, 1.165) is 30.4 Å². The van der Waals surface area contributed by atoms with Gasteiger partial charge in [0.2, 0.25) is 0 Å². The average molecular weight is 414 g/mol. The molecule has 0 saturated carbocycles. The first-order valence-electron chi connectivity index (χ1n) is 9.70. The molecule has 0 atom stereocenters. The molecule has 154 valence electrons. The van der Waals surface area contributed by atoms with E-state index in [0.29, 0.717) is 17.1 Å². The van der Waals surface area contributed by atoms with E-state index in [4.69, 9.17) is 21.7 Å². The average Bonchev–Trinajstić information content (AvgIpc) is 2.74. The lowest BCUT2D eigenvalue weighted by Crippen LogP contribution is -2.36. The van der Waals surface area contributed by atoms with Crippen LogP contribution in [-0.2, 0) is 0 Å². The number of methoxy groups -OCH3 is 2. The maximum absolute atomic E-state index is 12.8. The van der Waals surface area contributed by atoms with Crippen LogP contribution in [0.15, 0.2) is 42.5 Å². The largest absolute Gasteiger partial charge is 0.496 e. The van der Waals surface area contributed by atoms with Gasteiger partial charge in [0.25, 0.3) is 5.91 Å². The van der Waals surface area contributed by atoms with Crippen molar-refractivity contribution in [2.75, 3.05) is 37.5 Å². The van der Waals surface area contributed by atoms with Crippen molar-refractivity contribution in [3.63, 3.8) is 0 Å². The van der Waals surface area contributed by atoms with Crippen molar-refractivity contribution in [1.82, 2.24) is 5.32 Å². The third-order valence-corrected chi connectivity index (χ3v) is 5.36. The summed E-state index contributed by atoms with van der Waals surface area (Å²) in [6, 6.07) is 13.2. The van der Waals surface area contributed by atoms with Gasteiger partial charge in [-0.05, 0) is 55.2 Å². The van der Waals surface area contributed by atoms with E-state index >= 15 is 0 Å². The predicted octanol–water partition coefficient (Wildman–Crippen LogP) is 4.07. The van der Waals surface area contributed by atoms with Gasteiger partial charge >= 0.3 is 0 Å². The molecule has 0 unspecified atom stereocenters. The van der Waals surface area contributed by atoms with Gasteiger partial charge in [0, 0.05) is 13.1 Å².